The fourth-order valence-electron chi connectivity index (χ4n) is 1.28. The molecule has 1 heterocycles. The molecule has 1 aliphatic heterocycles. The average molecular weight is 205 g/mol. The summed E-state index contributed by atoms with van der Waals surface area (Å²) in [6.07, 6.45) is 0. The highest BCUT2D eigenvalue weighted by atomic mass is 32.2. The smallest absolute Gasteiger partial charge is 0.216 e. The van der Waals surface area contributed by atoms with Gasteiger partial charge in [0.25, 0.3) is 0 Å². The van der Waals surface area contributed by atoms with Crippen molar-refractivity contribution in [3.8, 4) is 0 Å². The fraction of sp³-hybridized carbons (Fsp3) is 0.875. The molecule has 1 aliphatic rings. The summed E-state index contributed by atoms with van der Waals surface area (Å²) in [6.45, 7) is 6.03. The van der Waals surface area contributed by atoms with Crippen molar-refractivity contribution in [2.24, 2.45) is 0 Å². The maximum absolute atomic E-state index is 11.7. The molecule has 0 spiro atoms. The molecular weight excluding hydrogens is 188 g/mol. The van der Waals surface area contributed by atoms with Crippen LogP contribution in [-0.2, 0) is 10.0 Å². The first kappa shape index (κ1) is 10.9. The van der Waals surface area contributed by atoms with Crippen LogP contribution < -0.4 is 0 Å². The van der Waals surface area contributed by atoms with Crippen LogP contribution in [0.4, 0.5) is 0 Å². The standard InChI is InChI=1S/C8H17N2O2S/c1-8(2)13(11,12)10-6-4-9(3)5-7-10/h8H,3-7H2,1-2H3. The van der Waals surface area contributed by atoms with Crippen LogP contribution in [0.2, 0.25) is 0 Å². The Bertz CT molecular complexity index is 253. The van der Waals surface area contributed by atoms with Gasteiger partial charge in [-0.1, -0.05) is 0 Å². The number of nitrogens with zero attached hydrogens (tertiary/aromatic N) is 2. The first-order valence-corrected chi connectivity index (χ1v) is 5.99. The van der Waals surface area contributed by atoms with Crippen LogP contribution in [0.3, 0.4) is 0 Å². The van der Waals surface area contributed by atoms with Crippen LogP contribution in [0.15, 0.2) is 0 Å². The molecule has 0 amide bonds. The van der Waals surface area contributed by atoms with Gasteiger partial charge < -0.3 is 0 Å². The van der Waals surface area contributed by atoms with Crippen molar-refractivity contribution in [2.45, 2.75) is 19.1 Å². The van der Waals surface area contributed by atoms with Crippen LogP contribution >= 0.6 is 0 Å². The zero-order valence-electron chi connectivity index (χ0n) is 8.23. The predicted octanol–water partition coefficient (Wildman–Crippen LogP) is 0.134. The highest BCUT2D eigenvalue weighted by Gasteiger charge is 2.27. The summed E-state index contributed by atoms with van der Waals surface area (Å²) in [5, 5.41) is -0.316. The summed E-state index contributed by atoms with van der Waals surface area (Å²) in [4.78, 5) is 1.90. The van der Waals surface area contributed by atoms with Gasteiger partial charge in [0.05, 0.1) is 5.25 Å². The highest BCUT2D eigenvalue weighted by Crippen LogP contribution is 2.11. The van der Waals surface area contributed by atoms with Crippen molar-refractivity contribution in [3.63, 3.8) is 0 Å². The Morgan fingerprint density at radius 3 is 2.00 bits per heavy atom. The molecule has 0 saturated carbocycles. The van der Waals surface area contributed by atoms with Crippen LogP contribution in [0.25, 0.3) is 0 Å². The second kappa shape index (κ2) is 3.94. The molecule has 0 bridgehead atoms. The van der Waals surface area contributed by atoms with E-state index in [0.29, 0.717) is 13.1 Å². The van der Waals surface area contributed by atoms with E-state index in [1.165, 1.54) is 0 Å². The molecule has 0 aliphatic carbocycles. The Morgan fingerprint density at radius 2 is 1.62 bits per heavy atom. The van der Waals surface area contributed by atoms with Gasteiger partial charge in [0.1, 0.15) is 0 Å². The summed E-state index contributed by atoms with van der Waals surface area (Å²) >= 11 is 0. The topological polar surface area (TPSA) is 40.6 Å². The fourth-order valence-corrected chi connectivity index (χ4v) is 2.55. The third-order valence-electron chi connectivity index (χ3n) is 2.29. The lowest BCUT2D eigenvalue weighted by Gasteiger charge is -2.32. The normalized spacial score (nSPS) is 22.5. The van der Waals surface area contributed by atoms with E-state index >= 15 is 0 Å². The van der Waals surface area contributed by atoms with Crippen molar-refractivity contribution in [1.29, 1.82) is 0 Å². The molecule has 0 unspecified atom stereocenters. The molecule has 1 fully saturated rings. The van der Waals surface area contributed by atoms with E-state index in [-0.39, 0.29) is 5.25 Å². The third kappa shape index (κ3) is 2.42. The molecule has 13 heavy (non-hydrogen) atoms. The van der Waals surface area contributed by atoms with Crippen molar-refractivity contribution in [1.82, 2.24) is 9.21 Å². The molecule has 0 aromatic rings. The van der Waals surface area contributed by atoms with E-state index in [4.69, 9.17) is 0 Å². The minimum Gasteiger partial charge on any atom is -0.299 e. The van der Waals surface area contributed by atoms with Gasteiger partial charge in [0.15, 0.2) is 0 Å². The molecule has 1 radical (unpaired) electrons. The van der Waals surface area contributed by atoms with Gasteiger partial charge in [-0.3, -0.25) is 4.90 Å². The summed E-state index contributed by atoms with van der Waals surface area (Å²) in [5.74, 6) is 0. The van der Waals surface area contributed by atoms with Crippen LogP contribution in [0, 0.1) is 7.05 Å². The van der Waals surface area contributed by atoms with Gasteiger partial charge in [-0.05, 0) is 13.8 Å². The van der Waals surface area contributed by atoms with Gasteiger partial charge >= 0.3 is 0 Å². The van der Waals surface area contributed by atoms with E-state index in [1.54, 1.807) is 18.2 Å². The lowest BCUT2D eigenvalue weighted by Crippen LogP contribution is -2.48. The number of rotatable bonds is 2. The second-order valence-electron chi connectivity index (χ2n) is 3.61. The van der Waals surface area contributed by atoms with Crippen LogP contribution in [0.1, 0.15) is 13.8 Å². The molecule has 5 heteroatoms. The Kier molecular flexibility index (Phi) is 3.32. The monoisotopic (exact) mass is 205 g/mol. The number of hydrogen-bond donors (Lipinski definition) is 0. The predicted molar refractivity (Wildman–Crippen MR) is 52.6 cm³/mol. The number of piperazine rings is 1. The van der Waals surface area contributed by atoms with E-state index < -0.39 is 10.0 Å². The molecule has 4 nitrogen and oxygen atoms in total. The van der Waals surface area contributed by atoms with Crippen molar-refractivity contribution in [2.75, 3.05) is 26.2 Å². The lowest BCUT2D eigenvalue weighted by atomic mass is 10.4. The minimum atomic E-state index is -3.04. The summed E-state index contributed by atoms with van der Waals surface area (Å²) in [5.41, 5.74) is 0. The lowest BCUT2D eigenvalue weighted by molar-refractivity contribution is 0.240. The quantitative estimate of drug-likeness (QED) is 0.643. The van der Waals surface area contributed by atoms with Crippen molar-refractivity contribution >= 4 is 10.0 Å². The molecule has 0 atom stereocenters. The molecule has 77 valence electrons. The molecule has 0 N–H and O–H groups in total. The van der Waals surface area contributed by atoms with Crippen molar-refractivity contribution in [3.05, 3.63) is 7.05 Å². The maximum Gasteiger partial charge on any atom is 0.216 e. The van der Waals surface area contributed by atoms with Gasteiger partial charge in [0.2, 0.25) is 10.0 Å². The van der Waals surface area contributed by atoms with E-state index in [1.807, 2.05) is 4.90 Å². The summed E-state index contributed by atoms with van der Waals surface area (Å²) < 4.78 is 24.9. The third-order valence-corrected chi connectivity index (χ3v) is 4.56. The first-order valence-electron chi connectivity index (χ1n) is 4.49. The minimum absolute atomic E-state index is 0.316. The van der Waals surface area contributed by atoms with Gasteiger partial charge in [-0.25, -0.2) is 8.42 Å². The Hall–Kier alpha value is -0.130. The zero-order chi connectivity index (χ0) is 10.1. The number of sulfonamides is 1. The maximum atomic E-state index is 11.7. The largest absolute Gasteiger partial charge is 0.299 e. The molecular formula is C8H17N2O2S. The molecule has 0 aromatic heterocycles. The Morgan fingerprint density at radius 1 is 1.15 bits per heavy atom. The Balaban J connectivity index is 2.64. The van der Waals surface area contributed by atoms with E-state index in [2.05, 4.69) is 7.05 Å². The molecule has 1 saturated heterocycles. The summed E-state index contributed by atoms with van der Waals surface area (Å²) in [6, 6.07) is 0. The van der Waals surface area contributed by atoms with Crippen molar-refractivity contribution < 1.29 is 8.42 Å². The Labute approximate surface area is 80.6 Å². The van der Waals surface area contributed by atoms with Gasteiger partial charge in [-0.2, -0.15) is 4.31 Å². The zero-order valence-corrected chi connectivity index (χ0v) is 9.05. The number of hydrogen-bond acceptors (Lipinski definition) is 3. The highest BCUT2D eigenvalue weighted by molar-refractivity contribution is 7.89. The second-order valence-corrected chi connectivity index (χ2v) is 6.10. The SMILES string of the molecule is [CH2]N1CCN(S(=O)(=O)C(C)C)CC1. The van der Waals surface area contributed by atoms with Gasteiger partial charge in [-0.15, -0.1) is 0 Å². The first-order chi connectivity index (χ1) is 5.94. The molecule has 0 aromatic carbocycles. The molecule has 1 rings (SSSR count). The van der Waals surface area contributed by atoms with Crippen LogP contribution in [0.5, 0.6) is 0 Å². The van der Waals surface area contributed by atoms with E-state index in [9.17, 15) is 8.42 Å². The van der Waals surface area contributed by atoms with E-state index in [0.717, 1.165) is 13.1 Å². The summed E-state index contributed by atoms with van der Waals surface area (Å²) in [7, 11) is 0.726. The van der Waals surface area contributed by atoms with Crippen LogP contribution in [-0.4, -0.2) is 49.1 Å². The average Bonchev–Trinajstić information content (AvgIpc) is 2.04. The van der Waals surface area contributed by atoms with Gasteiger partial charge in [0, 0.05) is 33.2 Å².